The van der Waals surface area contributed by atoms with Crippen molar-refractivity contribution in [2.45, 2.75) is 17.3 Å². The van der Waals surface area contributed by atoms with Gasteiger partial charge in [-0.05, 0) is 25.1 Å². The minimum atomic E-state index is -0.416. The zero-order chi connectivity index (χ0) is 14.7. The number of amides is 1. The Balaban J connectivity index is 2.02. The number of H-pyrrole nitrogens is 1. The van der Waals surface area contributed by atoms with Crippen LogP contribution in [0.3, 0.4) is 0 Å². The summed E-state index contributed by atoms with van der Waals surface area (Å²) < 4.78 is 0. The fraction of sp³-hybridized carbons (Fsp3) is 0.182. The molecule has 9 heteroatoms. The largest absolute Gasteiger partial charge is 0.368 e. The molecule has 0 aliphatic heterocycles. The molecule has 1 amide bonds. The Morgan fingerprint density at radius 2 is 2.25 bits per heavy atom. The summed E-state index contributed by atoms with van der Waals surface area (Å²) in [5, 5.41) is 9.96. The maximum Gasteiger partial charge on any atom is 0.237 e. The van der Waals surface area contributed by atoms with Crippen molar-refractivity contribution in [1.82, 2.24) is 15.2 Å². The number of carbonyl (C=O) groups is 1. The van der Waals surface area contributed by atoms with Gasteiger partial charge in [-0.1, -0.05) is 35.0 Å². The second-order valence-corrected chi connectivity index (χ2v) is 6.03. The van der Waals surface area contributed by atoms with Crippen molar-refractivity contribution in [3.63, 3.8) is 0 Å². The van der Waals surface area contributed by atoms with Crippen LogP contribution in [-0.2, 0) is 4.79 Å². The lowest BCUT2D eigenvalue weighted by atomic mass is 10.3. The van der Waals surface area contributed by atoms with Crippen LogP contribution in [0.25, 0.3) is 0 Å². The number of hydrogen-bond donors (Lipinski definition) is 3. The molecule has 106 valence electrons. The Morgan fingerprint density at radius 3 is 2.90 bits per heavy atom. The molecule has 1 atom stereocenters. The van der Waals surface area contributed by atoms with E-state index in [0.29, 0.717) is 20.9 Å². The highest BCUT2D eigenvalue weighted by molar-refractivity contribution is 8.00. The predicted octanol–water partition coefficient (Wildman–Crippen LogP) is 2.81. The smallest absolute Gasteiger partial charge is 0.237 e. The molecule has 1 heterocycles. The lowest BCUT2D eigenvalue weighted by molar-refractivity contribution is -0.115. The number of thioether (sulfide) groups is 1. The summed E-state index contributed by atoms with van der Waals surface area (Å²) in [6, 6.07) is 4.85. The van der Waals surface area contributed by atoms with Gasteiger partial charge in [0.1, 0.15) is 0 Å². The zero-order valence-corrected chi connectivity index (χ0v) is 12.7. The summed E-state index contributed by atoms with van der Waals surface area (Å²) in [4.78, 5) is 16.0. The topological polar surface area (TPSA) is 96.7 Å². The van der Waals surface area contributed by atoms with Crippen molar-refractivity contribution in [2.24, 2.45) is 0 Å². The lowest BCUT2D eigenvalue weighted by Crippen LogP contribution is -2.22. The molecule has 2 aromatic rings. The molecule has 0 spiro atoms. The van der Waals surface area contributed by atoms with Gasteiger partial charge < -0.3 is 11.1 Å². The number of nitrogens with one attached hydrogen (secondary N) is 2. The van der Waals surface area contributed by atoms with E-state index >= 15 is 0 Å². The van der Waals surface area contributed by atoms with Crippen LogP contribution in [0, 0.1) is 0 Å². The molecule has 1 aromatic heterocycles. The first kappa shape index (κ1) is 15.0. The molecule has 4 N–H and O–H groups in total. The van der Waals surface area contributed by atoms with Crippen LogP contribution >= 0.6 is 35.0 Å². The van der Waals surface area contributed by atoms with Crippen molar-refractivity contribution >= 4 is 52.5 Å². The zero-order valence-electron chi connectivity index (χ0n) is 10.4. The molecular formula is C11H11Cl2N5OS. The summed E-state index contributed by atoms with van der Waals surface area (Å²) in [7, 11) is 0. The van der Waals surface area contributed by atoms with E-state index in [-0.39, 0.29) is 11.9 Å². The number of hydrogen-bond acceptors (Lipinski definition) is 5. The number of nitrogen functional groups attached to an aromatic ring is 1. The Labute approximate surface area is 129 Å². The van der Waals surface area contributed by atoms with Crippen LogP contribution in [0.5, 0.6) is 0 Å². The first-order valence-electron chi connectivity index (χ1n) is 5.56. The van der Waals surface area contributed by atoms with Gasteiger partial charge in [0.15, 0.2) is 0 Å². The van der Waals surface area contributed by atoms with Crippen LogP contribution in [0.15, 0.2) is 23.4 Å². The summed E-state index contributed by atoms with van der Waals surface area (Å²) in [6.07, 6.45) is 0. The molecule has 0 saturated carbocycles. The third-order valence-corrected chi connectivity index (χ3v) is 3.85. The number of carbonyl (C=O) groups excluding carboxylic acids is 1. The van der Waals surface area contributed by atoms with Gasteiger partial charge >= 0.3 is 0 Å². The fourth-order valence-electron chi connectivity index (χ4n) is 1.35. The van der Waals surface area contributed by atoms with Gasteiger partial charge in [0.05, 0.1) is 16.0 Å². The first-order chi connectivity index (χ1) is 9.45. The van der Waals surface area contributed by atoms with E-state index < -0.39 is 5.25 Å². The van der Waals surface area contributed by atoms with Gasteiger partial charge in [0.2, 0.25) is 17.0 Å². The molecule has 1 aromatic carbocycles. The summed E-state index contributed by atoms with van der Waals surface area (Å²) in [6.45, 7) is 1.73. The minimum Gasteiger partial charge on any atom is -0.368 e. The second-order valence-electron chi connectivity index (χ2n) is 3.88. The van der Waals surface area contributed by atoms with Gasteiger partial charge in [-0.25, -0.2) is 5.10 Å². The molecule has 0 bridgehead atoms. The van der Waals surface area contributed by atoms with Crippen molar-refractivity contribution in [3.8, 4) is 0 Å². The summed E-state index contributed by atoms with van der Waals surface area (Å²) in [5.41, 5.74) is 5.88. The van der Waals surface area contributed by atoms with Gasteiger partial charge in [-0.2, -0.15) is 4.98 Å². The van der Waals surface area contributed by atoms with Crippen molar-refractivity contribution in [3.05, 3.63) is 28.2 Å². The van der Waals surface area contributed by atoms with Gasteiger partial charge in [-0.15, -0.1) is 5.10 Å². The van der Waals surface area contributed by atoms with Crippen LogP contribution in [0.2, 0.25) is 10.0 Å². The Hall–Kier alpha value is -1.44. The molecule has 20 heavy (non-hydrogen) atoms. The minimum absolute atomic E-state index is 0.206. The number of halogens is 2. The third kappa shape index (κ3) is 3.78. The summed E-state index contributed by atoms with van der Waals surface area (Å²) in [5.74, 6) is -0.0273. The molecule has 0 aliphatic carbocycles. The molecule has 0 aliphatic rings. The van der Waals surface area contributed by atoms with Crippen LogP contribution in [-0.4, -0.2) is 26.3 Å². The van der Waals surface area contributed by atoms with E-state index in [1.54, 1.807) is 25.1 Å². The van der Waals surface area contributed by atoms with Crippen molar-refractivity contribution in [2.75, 3.05) is 11.1 Å². The van der Waals surface area contributed by atoms with E-state index in [2.05, 4.69) is 20.5 Å². The van der Waals surface area contributed by atoms with Gasteiger partial charge in [0.25, 0.3) is 0 Å². The number of nitrogens with zero attached hydrogens (tertiary/aromatic N) is 2. The summed E-state index contributed by atoms with van der Waals surface area (Å²) >= 11 is 13.0. The Kier molecular flexibility index (Phi) is 4.74. The predicted molar refractivity (Wildman–Crippen MR) is 81.2 cm³/mol. The van der Waals surface area contributed by atoms with Gasteiger partial charge in [0, 0.05) is 5.02 Å². The van der Waals surface area contributed by atoms with Crippen LogP contribution < -0.4 is 11.1 Å². The lowest BCUT2D eigenvalue weighted by Gasteiger charge is -2.11. The normalized spacial score (nSPS) is 12.2. The quantitative estimate of drug-likeness (QED) is 0.748. The number of benzene rings is 1. The second kappa shape index (κ2) is 6.34. The highest BCUT2D eigenvalue weighted by Crippen LogP contribution is 2.27. The van der Waals surface area contributed by atoms with Crippen molar-refractivity contribution < 1.29 is 4.79 Å². The van der Waals surface area contributed by atoms with E-state index in [0.717, 1.165) is 0 Å². The molecule has 0 saturated heterocycles. The number of nitrogens with two attached hydrogens (primary N) is 1. The Bertz CT molecular complexity index is 633. The maximum absolute atomic E-state index is 12.1. The first-order valence-corrected chi connectivity index (χ1v) is 7.19. The number of anilines is 2. The average Bonchev–Trinajstić information content (AvgIpc) is 2.79. The standard InChI is InChI=1S/C11H11Cl2N5OS/c1-5(20-11-16-10(14)17-18-11)9(19)15-8-4-6(12)2-3-7(8)13/h2-5H,1H3,(H,15,19)(H3,14,16,17,18)/t5-/m1/s1. The highest BCUT2D eigenvalue weighted by Gasteiger charge is 2.18. The monoisotopic (exact) mass is 331 g/mol. The Morgan fingerprint density at radius 1 is 1.50 bits per heavy atom. The number of rotatable bonds is 4. The molecule has 0 unspecified atom stereocenters. The van der Waals surface area contributed by atoms with Crippen molar-refractivity contribution in [1.29, 1.82) is 0 Å². The van der Waals surface area contributed by atoms with Crippen LogP contribution in [0.1, 0.15) is 6.92 Å². The SMILES string of the molecule is C[C@@H](Sc1n[nH]c(N)n1)C(=O)Nc1cc(Cl)ccc1Cl. The third-order valence-electron chi connectivity index (χ3n) is 2.32. The molecular weight excluding hydrogens is 321 g/mol. The molecule has 0 radical (unpaired) electrons. The highest BCUT2D eigenvalue weighted by atomic mass is 35.5. The van der Waals surface area contributed by atoms with Crippen LogP contribution in [0.4, 0.5) is 11.6 Å². The van der Waals surface area contributed by atoms with Gasteiger partial charge in [-0.3, -0.25) is 4.79 Å². The van der Waals surface area contributed by atoms with E-state index in [1.165, 1.54) is 11.8 Å². The molecule has 2 rings (SSSR count). The number of aromatic nitrogens is 3. The van der Waals surface area contributed by atoms with E-state index in [9.17, 15) is 4.79 Å². The molecule has 0 fully saturated rings. The number of aromatic amines is 1. The van der Waals surface area contributed by atoms with E-state index in [1.807, 2.05) is 0 Å². The maximum atomic E-state index is 12.1. The average molecular weight is 332 g/mol. The fourth-order valence-corrected chi connectivity index (χ4v) is 2.42. The molecule has 6 nitrogen and oxygen atoms in total. The van der Waals surface area contributed by atoms with E-state index in [4.69, 9.17) is 28.9 Å².